The van der Waals surface area contributed by atoms with Gasteiger partial charge in [0.2, 0.25) is 0 Å². The van der Waals surface area contributed by atoms with Crippen LogP contribution >= 0.6 is 0 Å². The van der Waals surface area contributed by atoms with Crippen molar-refractivity contribution in [2.75, 3.05) is 23.8 Å². The first kappa shape index (κ1) is 13.7. The van der Waals surface area contributed by atoms with Crippen LogP contribution in [-0.4, -0.2) is 24.8 Å². The van der Waals surface area contributed by atoms with E-state index in [1.165, 1.54) is 37.8 Å². The third-order valence-electron chi connectivity index (χ3n) is 4.84. The molecule has 20 heavy (non-hydrogen) atoms. The summed E-state index contributed by atoms with van der Waals surface area (Å²) in [7, 11) is 0. The van der Waals surface area contributed by atoms with E-state index >= 15 is 0 Å². The molecule has 2 fully saturated rings. The third kappa shape index (κ3) is 2.64. The van der Waals surface area contributed by atoms with E-state index in [2.05, 4.69) is 30.0 Å². The number of anilines is 2. The zero-order valence-corrected chi connectivity index (χ0v) is 12.5. The summed E-state index contributed by atoms with van der Waals surface area (Å²) in [6.45, 7) is 4.26. The van der Waals surface area contributed by atoms with Crippen molar-refractivity contribution in [2.45, 2.75) is 57.1 Å². The van der Waals surface area contributed by atoms with Crippen LogP contribution in [0.25, 0.3) is 0 Å². The summed E-state index contributed by atoms with van der Waals surface area (Å²) >= 11 is 0. The Hall–Kier alpha value is -1.22. The van der Waals surface area contributed by atoms with Crippen LogP contribution in [0.3, 0.4) is 0 Å². The van der Waals surface area contributed by atoms with Crippen LogP contribution in [0.4, 0.5) is 11.4 Å². The molecule has 3 nitrogen and oxygen atoms in total. The van der Waals surface area contributed by atoms with Gasteiger partial charge in [0.1, 0.15) is 0 Å². The average molecular weight is 274 g/mol. The van der Waals surface area contributed by atoms with E-state index in [4.69, 9.17) is 10.5 Å². The first-order valence-electron chi connectivity index (χ1n) is 7.99. The van der Waals surface area contributed by atoms with Gasteiger partial charge < -0.3 is 15.4 Å². The second-order valence-corrected chi connectivity index (χ2v) is 6.32. The smallest absolute Gasteiger partial charge is 0.0702 e. The number of hydrogen-bond donors (Lipinski definition) is 1. The molecule has 1 saturated heterocycles. The maximum Gasteiger partial charge on any atom is 0.0702 e. The molecule has 0 radical (unpaired) electrons. The standard InChI is InChI=1S/C17H26N2O/c1-2-10-19(15-6-3-5-14(18)12-15)16-7-11-20-17(13-16)8-4-9-17/h3,5-6,12,16H,2,4,7-11,13,18H2,1H3. The maximum absolute atomic E-state index is 6.07. The minimum atomic E-state index is 0.204. The lowest BCUT2D eigenvalue weighted by Crippen LogP contribution is -2.52. The lowest BCUT2D eigenvalue weighted by atomic mass is 9.73. The predicted molar refractivity (Wildman–Crippen MR) is 84.0 cm³/mol. The van der Waals surface area contributed by atoms with Gasteiger partial charge in [-0.1, -0.05) is 13.0 Å². The van der Waals surface area contributed by atoms with Crippen LogP contribution in [-0.2, 0) is 4.74 Å². The Morgan fingerprint density at radius 1 is 1.40 bits per heavy atom. The molecular weight excluding hydrogens is 248 g/mol. The molecule has 1 aromatic rings. The first-order chi connectivity index (χ1) is 9.72. The SMILES string of the molecule is CCCN(c1cccc(N)c1)C1CCOC2(CCC2)C1. The highest BCUT2D eigenvalue weighted by atomic mass is 16.5. The number of ether oxygens (including phenoxy) is 1. The normalized spacial score (nSPS) is 24.4. The molecule has 1 atom stereocenters. The fraction of sp³-hybridized carbons (Fsp3) is 0.647. The Labute approximate surface area is 122 Å². The van der Waals surface area contributed by atoms with Crippen LogP contribution < -0.4 is 10.6 Å². The topological polar surface area (TPSA) is 38.5 Å². The molecule has 0 bridgehead atoms. The highest BCUT2D eigenvalue weighted by Gasteiger charge is 2.43. The fourth-order valence-electron chi connectivity index (χ4n) is 3.65. The van der Waals surface area contributed by atoms with Crippen LogP contribution in [0.1, 0.15) is 45.4 Å². The van der Waals surface area contributed by atoms with E-state index in [-0.39, 0.29) is 5.60 Å². The molecule has 1 unspecified atom stereocenters. The van der Waals surface area contributed by atoms with Gasteiger partial charge in [-0.3, -0.25) is 0 Å². The number of benzene rings is 1. The lowest BCUT2D eigenvalue weighted by molar-refractivity contribution is -0.132. The lowest BCUT2D eigenvalue weighted by Gasteiger charge is -2.50. The zero-order valence-electron chi connectivity index (χ0n) is 12.5. The highest BCUT2D eigenvalue weighted by molar-refractivity contribution is 5.56. The summed E-state index contributed by atoms with van der Waals surface area (Å²) in [5, 5.41) is 0. The van der Waals surface area contributed by atoms with Gasteiger partial charge in [-0.25, -0.2) is 0 Å². The van der Waals surface area contributed by atoms with Crippen molar-refractivity contribution in [3.63, 3.8) is 0 Å². The number of hydrogen-bond acceptors (Lipinski definition) is 3. The van der Waals surface area contributed by atoms with Crippen LogP contribution in [0.15, 0.2) is 24.3 Å². The van der Waals surface area contributed by atoms with E-state index < -0.39 is 0 Å². The first-order valence-corrected chi connectivity index (χ1v) is 7.99. The Morgan fingerprint density at radius 2 is 2.25 bits per heavy atom. The summed E-state index contributed by atoms with van der Waals surface area (Å²) in [5.41, 5.74) is 8.29. The quantitative estimate of drug-likeness (QED) is 0.853. The molecule has 3 heteroatoms. The maximum atomic E-state index is 6.07. The predicted octanol–water partition coefficient (Wildman–Crippen LogP) is 3.59. The van der Waals surface area contributed by atoms with E-state index in [9.17, 15) is 0 Å². The van der Waals surface area contributed by atoms with Crippen LogP contribution in [0.2, 0.25) is 0 Å². The van der Waals surface area contributed by atoms with Crippen molar-refractivity contribution in [3.05, 3.63) is 24.3 Å². The number of nitrogens with two attached hydrogens (primary N) is 1. The number of nitrogen functional groups attached to an aromatic ring is 1. The van der Waals surface area contributed by atoms with Crippen molar-refractivity contribution in [3.8, 4) is 0 Å². The van der Waals surface area contributed by atoms with E-state index in [0.29, 0.717) is 6.04 Å². The van der Waals surface area contributed by atoms with Crippen molar-refractivity contribution in [1.82, 2.24) is 0 Å². The molecule has 2 N–H and O–H groups in total. The molecule has 3 rings (SSSR count). The summed E-state index contributed by atoms with van der Waals surface area (Å²) in [5.74, 6) is 0. The molecule has 110 valence electrons. The molecule has 1 spiro atoms. The second kappa shape index (κ2) is 5.65. The van der Waals surface area contributed by atoms with Crippen LogP contribution in [0, 0.1) is 0 Å². The zero-order chi connectivity index (χ0) is 14.0. The van der Waals surface area contributed by atoms with Gasteiger partial charge in [0.05, 0.1) is 5.60 Å². The number of nitrogens with zero attached hydrogens (tertiary/aromatic N) is 1. The third-order valence-corrected chi connectivity index (χ3v) is 4.84. The Morgan fingerprint density at radius 3 is 2.90 bits per heavy atom. The number of rotatable bonds is 4. The van der Waals surface area contributed by atoms with Crippen molar-refractivity contribution in [1.29, 1.82) is 0 Å². The average Bonchev–Trinajstić information content (AvgIpc) is 2.43. The fourth-order valence-corrected chi connectivity index (χ4v) is 3.65. The van der Waals surface area contributed by atoms with E-state index in [0.717, 1.165) is 25.3 Å². The molecule has 2 aliphatic rings. The molecule has 0 aromatic heterocycles. The van der Waals surface area contributed by atoms with Gasteiger partial charge in [0, 0.05) is 30.6 Å². The van der Waals surface area contributed by atoms with Gasteiger partial charge in [0.25, 0.3) is 0 Å². The van der Waals surface area contributed by atoms with Crippen molar-refractivity contribution >= 4 is 11.4 Å². The Balaban J connectivity index is 1.79. The summed E-state index contributed by atoms with van der Waals surface area (Å²) in [4.78, 5) is 2.55. The second-order valence-electron chi connectivity index (χ2n) is 6.32. The van der Waals surface area contributed by atoms with Gasteiger partial charge in [-0.15, -0.1) is 0 Å². The summed E-state index contributed by atoms with van der Waals surface area (Å²) < 4.78 is 6.07. The van der Waals surface area contributed by atoms with Crippen LogP contribution in [0.5, 0.6) is 0 Å². The molecule has 1 aliphatic heterocycles. The van der Waals surface area contributed by atoms with E-state index in [1.807, 2.05) is 6.07 Å². The molecule has 1 aliphatic carbocycles. The van der Waals surface area contributed by atoms with E-state index in [1.54, 1.807) is 0 Å². The summed E-state index contributed by atoms with van der Waals surface area (Å²) in [6, 6.07) is 8.93. The molecule has 1 aromatic carbocycles. The molecule has 1 saturated carbocycles. The van der Waals surface area contributed by atoms with Crippen molar-refractivity contribution < 1.29 is 4.74 Å². The van der Waals surface area contributed by atoms with Gasteiger partial charge in [0.15, 0.2) is 0 Å². The minimum absolute atomic E-state index is 0.204. The van der Waals surface area contributed by atoms with Gasteiger partial charge in [-0.2, -0.15) is 0 Å². The van der Waals surface area contributed by atoms with Gasteiger partial charge in [-0.05, 0) is 56.7 Å². The largest absolute Gasteiger partial charge is 0.399 e. The monoisotopic (exact) mass is 274 g/mol. The minimum Gasteiger partial charge on any atom is -0.399 e. The summed E-state index contributed by atoms with van der Waals surface area (Å²) in [6.07, 6.45) is 7.32. The van der Waals surface area contributed by atoms with Crippen molar-refractivity contribution in [2.24, 2.45) is 0 Å². The Kier molecular flexibility index (Phi) is 3.88. The highest BCUT2D eigenvalue weighted by Crippen LogP contribution is 2.44. The molecule has 1 heterocycles. The Bertz CT molecular complexity index is 456. The molecular formula is C17H26N2O. The molecule has 0 amide bonds. The van der Waals surface area contributed by atoms with Gasteiger partial charge >= 0.3 is 0 Å².